The molecule has 9 heteroatoms. The van der Waals surface area contributed by atoms with Gasteiger partial charge in [-0.2, -0.15) is 0 Å². The number of halogens is 1. The average molecular weight is 480 g/mol. The Morgan fingerprint density at radius 3 is 2.74 bits per heavy atom. The minimum absolute atomic E-state index is 0. The molecule has 1 N–H and O–H groups in total. The molecule has 0 radical (unpaired) electrons. The van der Waals surface area contributed by atoms with E-state index in [1.54, 1.807) is 18.3 Å². The normalized spacial score (nSPS) is 20.6. The zero-order valence-electron chi connectivity index (χ0n) is 17.1. The number of rotatable bonds is 5. The van der Waals surface area contributed by atoms with Crippen LogP contribution in [0.25, 0.3) is 10.6 Å². The molecule has 3 aromatic rings. The first-order chi connectivity index (χ1) is 14.6. The van der Waals surface area contributed by atoms with Crippen LogP contribution >= 0.6 is 23.7 Å². The van der Waals surface area contributed by atoms with Crippen molar-refractivity contribution >= 4 is 33.6 Å². The highest BCUT2D eigenvalue weighted by Crippen LogP contribution is 2.37. The standard InChI is InChI=1S/C22H25N3O3S2.ClH/c26-30(27,21-8-7-20(29-21)19-9-12-24-28-19)22(17-6-3-11-23-14-17)25-13-10-16-4-1-2-5-18(16)15-25;/h1-2,4-5,7-9,12,17,22-23H,3,6,10-11,13-15H2;1H. The van der Waals surface area contributed by atoms with Crippen molar-refractivity contribution in [1.29, 1.82) is 0 Å². The molecule has 1 aromatic carbocycles. The van der Waals surface area contributed by atoms with E-state index >= 15 is 0 Å². The van der Waals surface area contributed by atoms with Gasteiger partial charge in [-0.15, -0.1) is 23.7 Å². The third-order valence-electron chi connectivity index (χ3n) is 6.12. The molecule has 5 rings (SSSR count). The molecule has 6 nitrogen and oxygen atoms in total. The van der Waals surface area contributed by atoms with Gasteiger partial charge in [-0.05, 0) is 49.1 Å². The molecule has 2 atom stereocenters. The van der Waals surface area contributed by atoms with Gasteiger partial charge in [-0.25, -0.2) is 8.42 Å². The minimum Gasteiger partial charge on any atom is -0.355 e. The first-order valence-corrected chi connectivity index (χ1v) is 12.8. The Balaban J connectivity index is 0.00000231. The first kappa shape index (κ1) is 22.5. The molecule has 166 valence electrons. The van der Waals surface area contributed by atoms with Crippen LogP contribution in [-0.2, 0) is 22.8 Å². The summed E-state index contributed by atoms with van der Waals surface area (Å²) in [5, 5.41) is 6.62. The molecule has 1 saturated heterocycles. The fourth-order valence-electron chi connectivity index (χ4n) is 4.67. The number of aromatic nitrogens is 1. The third kappa shape index (κ3) is 4.45. The van der Waals surface area contributed by atoms with Gasteiger partial charge in [0.25, 0.3) is 0 Å². The molecular formula is C22H26ClN3O3S2. The second-order valence-corrected chi connectivity index (χ2v) is 11.4. The summed E-state index contributed by atoms with van der Waals surface area (Å²) in [7, 11) is -3.53. The molecule has 0 spiro atoms. The Morgan fingerprint density at radius 1 is 1.16 bits per heavy atom. The van der Waals surface area contributed by atoms with Gasteiger partial charge in [0.2, 0.25) is 9.84 Å². The van der Waals surface area contributed by atoms with Gasteiger partial charge < -0.3 is 9.84 Å². The van der Waals surface area contributed by atoms with Gasteiger partial charge in [-0.1, -0.05) is 29.4 Å². The van der Waals surface area contributed by atoms with Crippen molar-refractivity contribution in [2.45, 2.75) is 35.4 Å². The van der Waals surface area contributed by atoms with E-state index in [1.165, 1.54) is 22.5 Å². The van der Waals surface area contributed by atoms with Crippen molar-refractivity contribution < 1.29 is 12.9 Å². The number of fused-ring (bicyclic) bond motifs is 1. The van der Waals surface area contributed by atoms with E-state index in [1.807, 2.05) is 12.1 Å². The van der Waals surface area contributed by atoms with Crippen LogP contribution in [0.3, 0.4) is 0 Å². The molecule has 4 heterocycles. The number of thiophene rings is 1. The maximum Gasteiger partial charge on any atom is 0.204 e. The van der Waals surface area contributed by atoms with Gasteiger partial charge >= 0.3 is 0 Å². The predicted molar refractivity (Wildman–Crippen MR) is 124 cm³/mol. The summed E-state index contributed by atoms with van der Waals surface area (Å²) in [6.45, 7) is 3.14. The van der Waals surface area contributed by atoms with E-state index in [-0.39, 0.29) is 18.3 Å². The fraction of sp³-hybridized carbons (Fsp3) is 0.409. The molecule has 0 saturated carbocycles. The lowest BCUT2D eigenvalue weighted by Gasteiger charge is -2.40. The van der Waals surface area contributed by atoms with Gasteiger partial charge in [-0.3, -0.25) is 4.90 Å². The topological polar surface area (TPSA) is 75.4 Å². The highest BCUT2D eigenvalue weighted by Gasteiger charge is 2.41. The van der Waals surface area contributed by atoms with Crippen LogP contribution in [0.4, 0.5) is 0 Å². The van der Waals surface area contributed by atoms with E-state index in [4.69, 9.17) is 4.52 Å². The number of nitrogens with one attached hydrogen (secondary N) is 1. The lowest BCUT2D eigenvalue weighted by Crippen LogP contribution is -2.51. The molecule has 31 heavy (non-hydrogen) atoms. The fourth-order valence-corrected chi connectivity index (χ4v) is 8.20. The Kier molecular flexibility index (Phi) is 6.83. The predicted octanol–water partition coefficient (Wildman–Crippen LogP) is 3.98. The zero-order chi connectivity index (χ0) is 20.6. The Hall–Kier alpha value is -1.71. The molecule has 2 aliphatic rings. The van der Waals surface area contributed by atoms with E-state index in [9.17, 15) is 8.42 Å². The van der Waals surface area contributed by atoms with Crippen molar-refractivity contribution in [3.8, 4) is 10.6 Å². The highest BCUT2D eigenvalue weighted by atomic mass is 35.5. The largest absolute Gasteiger partial charge is 0.355 e. The summed E-state index contributed by atoms with van der Waals surface area (Å²) in [5.41, 5.74) is 2.57. The molecule has 2 aromatic heterocycles. The SMILES string of the molecule is Cl.O=S(=O)(c1ccc(-c2ccno2)s1)C(C1CCCNC1)N1CCc2ccccc2C1. The number of benzene rings is 1. The Bertz CT molecular complexity index is 1110. The first-order valence-electron chi connectivity index (χ1n) is 10.4. The number of hydrogen-bond donors (Lipinski definition) is 1. The lowest BCUT2D eigenvalue weighted by molar-refractivity contribution is 0.162. The van der Waals surface area contributed by atoms with E-state index < -0.39 is 15.2 Å². The van der Waals surface area contributed by atoms with Crippen LogP contribution in [0.2, 0.25) is 0 Å². The molecule has 2 aliphatic heterocycles. The van der Waals surface area contributed by atoms with Crippen molar-refractivity contribution in [2.24, 2.45) is 5.92 Å². The zero-order valence-corrected chi connectivity index (χ0v) is 19.5. The van der Waals surface area contributed by atoms with Crippen molar-refractivity contribution in [3.05, 3.63) is 59.8 Å². The smallest absolute Gasteiger partial charge is 0.204 e. The van der Waals surface area contributed by atoms with Crippen molar-refractivity contribution in [3.63, 3.8) is 0 Å². The maximum atomic E-state index is 13.9. The summed E-state index contributed by atoms with van der Waals surface area (Å²) in [5.74, 6) is 0.675. The lowest BCUT2D eigenvalue weighted by atomic mass is 9.95. The second-order valence-electron chi connectivity index (χ2n) is 8.03. The molecule has 0 aliphatic carbocycles. The molecule has 0 amide bonds. The van der Waals surface area contributed by atoms with Gasteiger partial charge in [0, 0.05) is 31.6 Å². The number of nitrogens with zero attached hydrogens (tertiary/aromatic N) is 2. The van der Waals surface area contributed by atoms with Crippen LogP contribution < -0.4 is 5.32 Å². The summed E-state index contributed by atoms with van der Waals surface area (Å²) in [6, 6.07) is 13.7. The van der Waals surface area contributed by atoms with E-state index in [0.717, 1.165) is 43.8 Å². The molecule has 1 fully saturated rings. The van der Waals surface area contributed by atoms with Gasteiger partial charge in [0.15, 0.2) is 5.76 Å². The van der Waals surface area contributed by atoms with E-state index in [0.29, 0.717) is 16.5 Å². The van der Waals surface area contributed by atoms with Crippen LogP contribution in [0.15, 0.2) is 57.4 Å². The van der Waals surface area contributed by atoms with Crippen LogP contribution in [0, 0.1) is 5.92 Å². The Labute approximate surface area is 193 Å². The van der Waals surface area contributed by atoms with Crippen molar-refractivity contribution in [2.75, 3.05) is 19.6 Å². The second kappa shape index (κ2) is 9.42. The third-order valence-corrected chi connectivity index (χ3v) is 9.98. The average Bonchev–Trinajstić information content (AvgIpc) is 3.47. The number of hydrogen-bond acceptors (Lipinski definition) is 7. The maximum absolute atomic E-state index is 13.9. The van der Waals surface area contributed by atoms with E-state index in [2.05, 4.69) is 33.6 Å². The number of sulfone groups is 1. The summed E-state index contributed by atoms with van der Waals surface area (Å²) in [6.07, 6.45) is 4.39. The van der Waals surface area contributed by atoms with Gasteiger partial charge in [0.05, 0.1) is 11.1 Å². The van der Waals surface area contributed by atoms with Crippen LogP contribution in [0.5, 0.6) is 0 Å². The van der Waals surface area contributed by atoms with Crippen molar-refractivity contribution in [1.82, 2.24) is 15.4 Å². The summed E-state index contributed by atoms with van der Waals surface area (Å²) in [4.78, 5) is 2.97. The number of piperidine rings is 1. The van der Waals surface area contributed by atoms with Crippen LogP contribution in [-0.4, -0.2) is 43.5 Å². The summed E-state index contributed by atoms with van der Waals surface area (Å²) < 4.78 is 33.5. The molecule has 2 unspecified atom stereocenters. The summed E-state index contributed by atoms with van der Waals surface area (Å²) >= 11 is 1.27. The molecular weight excluding hydrogens is 454 g/mol. The minimum atomic E-state index is -3.53. The van der Waals surface area contributed by atoms with Crippen LogP contribution in [0.1, 0.15) is 24.0 Å². The molecule has 0 bridgehead atoms. The highest BCUT2D eigenvalue weighted by molar-refractivity contribution is 7.94. The monoisotopic (exact) mass is 479 g/mol. The Morgan fingerprint density at radius 2 is 2.00 bits per heavy atom. The van der Waals surface area contributed by atoms with Gasteiger partial charge in [0.1, 0.15) is 9.58 Å². The quantitative estimate of drug-likeness (QED) is 0.596.